The normalized spacial score (nSPS) is 17.2. The van der Waals surface area contributed by atoms with Crippen LogP contribution >= 0.6 is 0 Å². The summed E-state index contributed by atoms with van der Waals surface area (Å²) in [6.07, 6.45) is -4.07. The maximum absolute atomic E-state index is 14.8. The zero-order chi connectivity index (χ0) is 26.6. The Kier molecular flexibility index (Phi) is 8.08. The molecule has 1 saturated carbocycles. The first-order chi connectivity index (χ1) is 17.6. The van der Waals surface area contributed by atoms with E-state index < -0.39 is 30.0 Å². The summed E-state index contributed by atoms with van der Waals surface area (Å²) in [6, 6.07) is 5.22. The number of nitrogens with one attached hydrogen (secondary N) is 2. The molecular weight excluding hydrogens is 496 g/mol. The van der Waals surface area contributed by atoms with Crippen molar-refractivity contribution in [1.82, 2.24) is 10.3 Å². The van der Waals surface area contributed by atoms with Crippen molar-refractivity contribution in [2.75, 3.05) is 56.3 Å². The molecular formula is C25H30F4N4O4. The van der Waals surface area contributed by atoms with E-state index in [-0.39, 0.29) is 37.6 Å². The molecule has 1 aromatic carbocycles. The lowest BCUT2D eigenvalue weighted by Gasteiger charge is -2.43. The second-order valence-corrected chi connectivity index (χ2v) is 9.31. The minimum atomic E-state index is -4.42. The molecule has 1 aliphatic carbocycles. The third-order valence-corrected chi connectivity index (χ3v) is 6.84. The summed E-state index contributed by atoms with van der Waals surface area (Å²) in [5.41, 5.74) is -0.320. The van der Waals surface area contributed by atoms with Crippen molar-refractivity contribution in [3.05, 3.63) is 35.6 Å². The molecule has 1 saturated heterocycles. The van der Waals surface area contributed by atoms with E-state index in [1.165, 1.54) is 12.1 Å². The predicted molar refractivity (Wildman–Crippen MR) is 129 cm³/mol. The van der Waals surface area contributed by atoms with Gasteiger partial charge < -0.3 is 30.1 Å². The van der Waals surface area contributed by atoms with Gasteiger partial charge >= 0.3 is 12.2 Å². The molecule has 0 unspecified atom stereocenters. The number of rotatable bonds is 8. The molecule has 37 heavy (non-hydrogen) atoms. The Hall–Kier alpha value is -3.12. The Morgan fingerprint density at radius 1 is 1.22 bits per heavy atom. The Labute approximate surface area is 212 Å². The maximum atomic E-state index is 14.8. The third kappa shape index (κ3) is 6.07. The number of benzene rings is 1. The van der Waals surface area contributed by atoms with Crippen molar-refractivity contribution < 1.29 is 36.9 Å². The van der Waals surface area contributed by atoms with Gasteiger partial charge in [0.05, 0.1) is 30.9 Å². The minimum absolute atomic E-state index is 0.0355. The van der Waals surface area contributed by atoms with Gasteiger partial charge in [-0.1, -0.05) is 6.42 Å². The second-order valence-electron chi connectivity index (χ2n) is 9.31. The maximum Gasteiger partial charge on any atom is 0.396 e. The van der Waals surface area contributed by atoms with Crippen LogP contribution in [0.15, 0.2) is 24.3 Å². The highest BCUT2D eigenvalue weighted by Crippen LogP contribution is 2.52. The molecule has 2 heterocycles. The van der Waals surface area contributed by atoms with Gasteiger partial charge in [-0.05, 0) is 54.7 Å². The van der Waals surface area contributed by atoms with Crippen molar-refractivity contribution >= 4 is 17.5 Å². The molecule has 2 fully saturated rings. The number of pyridine rings is 1. The summed E-state index contributed by atoms with van der Waals surface area (Å²) >= 11 is 0. The van der Waals surface area contributed by atoms with Gasteiger partial charge in [-0.2, -0.15) is 18.2 Å². The molecule has 0 radical (unpaired) electrons. The smallest absolute Gasteiger partial charge is 0.396 e. The average molecular weight is 527 g/mol. The number of urea groups is 1. The zero-order valence-corrected chi connectivity index (χ0v) is 20.5. The quantitative estimate of drug-likeness (QED) is 0.445. The number of alkyl halides is 3. The molecule has 1 aromatic heterocycles. The lowest BCUT2D eigenvalue weighted by atomic mass is 9.68. The van der Waals surface area contributed by atoms with E-state index >= 15 is 0 Å². The molecule has 12 heteroatoms. The van der Waals surface area contributed by atoms with Gasteiger partial charge in [0.15, 0.2) is 0 Å². The van der Waals surface area contributed by atoms with Crippen LogP contribution in [0.1, 0.15) is 24.8 Å². The summed E-state index contributed by atoms with van der Waals surface area (Å²) in [5, 5.41) is 13.8. The van der Waals surface area contributed by atoms with Crippen LogP contribution in [0.4, 0.5) is 33.9 Å². The number of amides is 2. The molecule has 1 aliphatic heterocycles. The number of carbonyl (C=O) groups excluding carboxylic acids is 1. The summed E-state index contributed by atoms with van der Waals surface area (Å²) in [7, 11) is 0. The highest BCUT2D eigenvalue weighted by Gasteiger charge is 2.58. The first-order valence-electron chi connectivity index (χ1n) is 12.1. The van der Waals surface area contributed by atoms with Gasteiger partial charge in [0.2, 0.25) is 5.88 Å². The summed E-state index contributed by atoms with van der Waals surface area (Å²) < 4.78 is 65.9. The molecule has 0 spiro atoms. The number of carbonyl (C=O) groups is 1. The fraction of sp³-hybridized carbons (Fsp3) is 0.520. The van der Waals surface area contributed by atoms with Crippen LogP contribution < -0.4 is 20.3 Å². The van der Waals surface area contributed by atoms with E-state index in [1.807, 2.05) is 11.0 Å². The fourth-order valence-electron chi connectivity index (χ4n) is 4.48. The monoisotopic (exact) mass is 526 g/mol. The first-order valence-corrected chi connectivity index (χ1v) is 12.1. The average Bonchev–Trinajstić information content (AvgIpc) is 2.83. The zero-order valence-electron chi connectivity index (χ0n) is 20.5. The Morgan fingerprint density at radius 3 is 2.57 bits per heavy atom. The first kappa shape index (κ1) is 26.9. The van der Waals surface area contributed by atoms with Crippen molar-refractivity contribution in [3.63, 3.8) is 0 Å². The number of morpholine rings is 1. The van der Waals surface area contributed by atoms with E-state index in [0.717, 1.165) is 0 Å². The van der Waals surface area contributed by atoms with Crippen molar-refractivity contribution in [3.8, 4) is 17.0 Å². The Morgan fingerprint density at radius 2 is 1.95 bits per heavy atom. The number of hydrogen-bond acceptors (Lipinski definition) is 6. The largest absolute Gasteiger partial charge is 0.475 e. The van der Waals surface area contributed by atoms with Crippen LogP contribution in [0, 0.1) is 18.2 Å². The molecule has 0 bridgehead atoms. The van der Waals surface area contributed by atoms with Gasteiger partial charge in [0.25, 0.3) is 0 Å². The van der Waals surface area contributed by atoms with Gasteiger partial charge in [-0.25, -0.2) is 9.18 Å². The van der Waals surface area contributed by atoms with E-state index in [9.17, 15) is 22.4 Å². The van der Waals surface area contributed by atoms with Crippen LogP contribution in [0.3, 0.4) is 0 Å². The molecule has 2 aromatic rings. The topological polar surface area (TPSA) is 96.0 Å². The van der Waals surface area contributed by atoms with Crippen molar-refractivity contribution in [2.24, 2.45) is 5.41 Å². The highest BCUT2D eigenvalue weighted by molar-refractivity contribution is 5.90. The van der Waals surface area contributed by atoms with Gasteiger partial charge in [-0.15, -0.1) is 0 Å². The summed E-state index contributed by atoms with van der Waals surface area (Å²) in [6.45, 7) is 3.27. The fourth-order valence-corrected chi connectivity index (χ4v) is 4.48. The molecule has 3 N–H and O–H groups in total. The van der Waals surface area contributed by atoms with E-state index in [4.69, 9.17) is 14.6 Å². The lowest BCUT2D eigenvalue weighted by Crippen LogP contribution is -2.52. The van der Waals surface area contributed by atoms with Gasteiger partial charge in [0.1, 0.15) is 18.2 Å². The van der Waals surface area contributed by atoms with Crippen LogP contribution in [-0.4, -0.2) is 68.4 Å². The van der Waals surface area contributed by atoms with Crippen LogP contribution in [-0.2, 0) is 4.74 Å². The Bertz CT molecular complexity index is 1120. The van der Waals surface area contributed by atoms with Crippen molar-refractivity contribution in [2.45, 2.75) is 32.4 Å². The van der Waals surface area contributed by atoms with Crippen LogP contribution in [0.2, 0.25) is 0 Å². The second kappa shape index (κ2) is 11.1. The number of ether oxygens (including phenoxy) is 2. The number of aliphatic hydroxyl groups is 1. The minimum Gasteiger partial charge on any atom is -0.475 e. The SMILES string of the molecule is Cc1cc(F)c(NC(=O)NCC2(C(F)(F)F)CCC2)cc1-c1cc(OCCO)nc(N2CCOCC2)c1. The van der Waals surface area contributed by atoms with Crippen molar-refractivity contribution in [1.29, 1.82) is 0 Å². The number of anilines is 2. The van der Waals surface area contributed by atoms with Gasteiger partial charge in [0, 0.05) is 25.7 Å². The predicted octanol–water partition coefficient (Wildman–Crippen LogP) is 4.26. The summed E-state index contributed by atoms with van der Waals surface area (Å²) in [4.78, 5) is 18.9. The summed E-state index contributed by atoms with van der Waals surface area (Å²) in [5.74, 6) is 0.162. The van der Waals surface area contributed by atoms with Crippen LogP contribution in [0.5, 0.6) is 5.88 Å². The van der Waals surface area contributed by atoms with Crippen LogP contribution in [0.25, 0.3) is 11.1 Å². The van der Waals surface area contributed by atoms with E-state index in [0.29, 0.717) is 55.2 Å². The standard InChI is InChI=1S/C25H30F4N4O4/c1-16-11-19(26)20(31-23(35)30-15-24(3-2-4-24)25(27,28)29)14-18(16)17-12-21(33-5-8-36-9-6-33)32-22(13-17)37-10-7-34/h11-14,34H,2-10,15H2,1H3,(H2,30,31,35). The number of halogens is 4. The van der Waals surface area contributed by atoms with E-state index in [2.05, 4.69) is 15.6 Å². The highest BCUT2D eigenvalue weighted by atomic mass is 19.4. The number of aryl methyl sites for hydroxylation is 1. The molecule has 8 nitrogen and oxygen atoms in total. The molecule has 0 atom stereocenters. The van der Waals surface area contributed by atoms with Gasteiger partial charge in [-0.3, -0.25) is 0 Å². The number of hydrogen-bond donors (Lipinski definition) is 3. The number of aromatic nitrogens is 1. The molecule has 4 rings (SSSR count). The molecule has 202 valence electrons. The third-order valence-electron chi connectivity index (χ3n) is 6.84. The number of nitrogens with zero attached hydrogens (tertiary/aromatic N) is 2. The van der Waals surface area contributed by atoms with E-state index in [1.54, 1.807) is 13.0 Å². The Balaban J connectivity index is 1.57. The lowest BCUT2D eigenvalue weighted by molar-refractivity contribution is -0.247. The molecule has 2 aliphatic rings. The molecule has 2 amide bonds. The number of aliphatic hydroxyl groups excluding tert-OH is 1.